The maximum Gasteiger partial charge on any atom is 0.0648 e. The zero-order valence-electron chi connectivity index (χ0n) is 12.2. The number of nitrogens with zero attached hydrogens (tertiary/aromatic N) is 2. The van der Waals surface area contributed by atoms with E-state index in [1.54, 1.807) is 0 Å². The van der Waals surface area contributed by atoms with Gasteiger partial charge in [0.05, 0.1) is 5.69 Å². The molecule has 1 aliphatic carbocycles. The number of hydrogen-bond donors (Lipinski definition) is 1. The standard InChI is InChI=1S/C17H23N3/c1-14-9-12-19-20(14)16-7-5-15(6-8-16)17(13-18)10-3-2-4-11-17/h5-9,12H,2-4,10-11,13,18H2,1H3. The number of benzene rings is 1. The van der Waals surface area contributed by atoms with Crippen LogP contribution in [0.5, 0.6) is 0 Å². The van der Waals surface area contributed by atoms with Gasteiger partial charge in [-0.2, -0.15) is 5.10 Å². The van der Waals surface area contributed by atoms with Crippen molar-refractivity contribution >= 4 is 0 Å². The van der Waals surface area contributed by atoms with Crippen LogP contribution < -0.4 is 5.73 Å². The van der Waals surface area contributed by atoms with Crippen LogP contribution in [-0.4, -0.2) is 16.3 Å². The van der Waals surface area contributed by atoms with Gasteiger partial charge in [0.15, 0.2) is 0 Å². The molecule has 1 fully saturated rings. The van der Waals surface area contributed by atoms with E-state index in [0.717, 1.165) is 17.9 Å². The van der Waals surface area contributed by atoms with Crippen molar-refractivity contribution in [2.75, 3.05) is 6.54 Å². The van der Waals surface area contributed by atoms with Crippen LogP contribution in [0.4, 0.5) is 0 Å². The predicted molar refractivity (Wildman–Crippen MR) is 82.1 cm³/mol. The Bertz CT molecular complexity index is 562. The second kappa shape index (κ2) is 5.41. The minimum atomic E-state index is 0.204. The van der Waals surface area contributed by atoms with Gasteiger partial charge in [0.2, 0.25) is 0 Å². The molecular formula is C17H23N3. The van der Waals surface area contributed by atoms with E-state index < -0.39 is 0 Å². The highest BCUT2D eigenvalue weighted by molar-refractivity contribution is 5.38. The molecule has 0 atom stereocenters. The molecule has 3 heteroatoms. The van der Waals surface area contributed by atoms with E-state index in [0.29, 0.717) is 0 Å². The average molecular weight is 269 g/mol. The molecule has 0 amide bonds. The molecule has 1 aromatic carbocycles. The van der Waals surface area contributed by atoms with Crippen molar-refractivity contribution in [3.05, 3.63) is 47.8 Å². The molecule has 2 N–H and O–H groups in total. The lowest BCUT2D eigenvalue weighted by Gasteiger charge is -2.37. The Morgan fingerprint density at radius 3 is 2.35 bits per heavy atom. The van der Waals surface area contributed by atoms with E-state index >= 15 is 0 Å². The van der Waals surface area contributed by atoms with Crippen LogP contribution in [0, 0.1) is 6.92 Å². The van der Waals surface area contributed by atoms with Crippen LogP contribution in [0.25, 0.3) is 5.69 Å². The predicted octanol–water partition coefficient (Wildman–Crippen LogP) is 3.34. The molecule has 3 rings (SSSR count). The van der Waals surface area contributed by atoms with Gasteiger partial charge in [-0.05, 0) is 43.5 Å². The fourth-order valence-corrected chi connectivity index (χ4v) is 3.44. The summed E-state index contributed by atoms with van der Waals surface area (Å²) in [6, 6.07) is 10.8. The molecular weight excluding hydrogens is 246 g/mol. The molecule has 20 heavy (non-hydrogen) atoms. The molecule has 1 saturated carbocycles. The second-order valence-corrected chi connectivity index (χ2v) is 5.98. The molecule has 0 aliphatic heterocycles. The van der Waals surface area contributed by atoms with Gasteiger partial charge >= 0.3 is 0 Å². The largest absolute Gasteiger partial charge is 0.330 e. The van der Waals surface area contributed by atoms with Gasteiger partial charge in [0, 0.05) is 23.9 Å². The highest BCUT2D eigenvalue weighted by Gasteiger charge is 2.32. The highest BCUT2D eigenvalue weighted by Crippen LogP contribution is 2.38. The summed E-state index contributed by atoms with van der Waals surface area (Å²) < 4.78 is 1.97. The van der Waals surface area contributed by atoms with Gasteiger partial charge in [0.25, 0.3) is 0 Å². The number of nitrogens with two attached hydrogens (primary N) is 1. The van der Waals surface area contributed by atoms with E-state index in [9.17, 15) is 0 Å². The Morgan fingerprint density at radius 2 is 1.80 bits per heavy atom. The first-order chi connectivity index (χ1) is 9.75. The van der Waals surface area contributed by atoms with Crippen LogP contribution >= 0.6 is 0 Å². The monoisotopic (exact) mass is 269 g/mol. The normalized spacial score (nSPS) is 18.1. The Morgan fingerprint density at radius 1 is 1.10 bits per heavy atom. The molecule has 0 bridgehead atoms. The van der Waals surface area contributed by atoms with Crippen LogP contribution in [0.15, 0.2) is 36.5 Å². The van der Waals surface area contributed by atoms with Crippen LogP contribution in [0.3, 0.4) is 0 Å². The van der Waals surface area contributed by atoms with E-state index in [1.165, 1.54) is 37.7 Å². The summed E-state index contributed by atoms with van der Waals surface area (Å²) in [6.07, 6.45) is 8.25. The zero-order valence-corrected chi connectivity index (χ0v) is 12.2. The SMILES string of the molecule is Cc1ccnn1-c1ccc(C2(CN)CCCCC2)cc1. The van der Waals surface area contributed by atoms with Crippen molar-refractivity contribution in [2.45, 2.75) is 44.4 Å². The summed E-state index contributed by atoms with van der Waals surface area (Å²) in [6.45, 7) is 2.83. The summed E-state index contributed by atoms with van der Waals surface area (Å²) >= 11 is 0. The van der Waals surface area contributed by atoms with E-state index in [1.807, 2.05) is 16.9 Å². The number of aromatic nitrogens is 2. The molecule has 1 aromatic heterocycles. The van der Waals surface area contributed by atoms with Crippen molar-refractivity contribution in [1.82, 2.24) is 9.78 Å². The maximum absolute atomic E-state index is 6.11. The first kappa shape index (κ1) is 13.4. The van der Waals surface area contributed by atoms with Gasteiger partial charge in [0.1, 0.15) is 0 Å². The fraction of sp³-hybridized carbons (Fsp3) is 0.471. The Labute approximate surface area is 120 Å². The van der Waals surface area contributed by atoms with Crippen LogP contribution in [0.2, 0.25) is 0 Å². The molecule has 106 valence electrons. The Hall–Kier alpha value is -1.61. The first-order valence-corrected chi connectivity index (χ1v) is 7.57. The minimum Gasteiger partial charge on any atom is -0.330 e. The Balaban J connectivity index is 1.91. The van der Waals surface area contributed by atoms with Gasteiger partial charge in [-0.15, -0.1) is 0 Å². The van der Waals surface area contributed by atoms with Crippen LogP contribution in [-0.2, 0) is 5.41 Å². The molecule has 0 saturated heterocycles. The lowest BCUT2D eigenvalue weighted by atomic mass is 9.69. The van der Waals surface area contributed by atoms with Gasteiger partial charge < -0.3 is 5.73 Å². The fourth-order valence-electron chi connectivity index (χ4n) is 3.44. The molecule has 0 spiro atoms. The van der Waals surface area contributed by atoms with E-state index in [-0.39, 0.29) is 5.41 Å². The third-order valence-corrected chi connectivity index (χ3v) is 4.76. The molecule has 1 aliphatic rings. The summed E-state index contributed by atoms with van der Waals surface area (Å²) in [5.41, 5.74) is 9.99. The van der Waals surface area contributed by atoms with E-state index in [2.05, 4.69) is 36.3 Å². The van der Waals surface area contributed by atoms with Crippen molar-refractivity contribution < 1.29 is 0 Å². The third kappa shape index (κ3) is 2.27. The highest BCUT2D eigenvalue weighted by atomic mass is 15.3. The quantitative estimate of drug-likeness (QED) is 0.928. The number of hydrogen-bond acceptors (Lipinski definition) is 2. The zero-order chi connectivity index (χ0) is 14.0. The number of rotatable bonds is 3. The van der Waals surface area contributed by atoms with Gasteiger partial charge in [-0.1, -0.05) is 31.4 Å². The van der Waals surface area contributed by atoms with Crippen LogP contribution in [0.1, 0.15) is 43.4 Å². The Kier molecular flexibility index (Phi) is 3.62. The smallest absolute Gasteiger partial charge is 0.0648 e. The van der Waals surface area contributed by atoms with Crippen molar-refractivity contribution in [1.29, 1.82) is 0 Å². The maximum atomic E-state index is 6.11. The minimum absolute atomic E-state index is 0.204. The topological polar surface area (TPSA) is 43.8 Å². The first-order valence-electron chi connectivity index (χ1n) is 7.57. The second-order valence-electron chi connectivity index (χ2n) is 5.98. The number of aryl methyl sites for hydroxylation is 1. The van der Waals surface area contributed by atoms with Crippen molar-refractivity contribution in [3.8, 4) is 5.69 Å². The lowest BCUT2D eigenvalue weighted by molar-refractivity contribution is 0.301. The average Bonchev–Trinajstić information content (AvgIpc) is 2.94. The molecule has 2 aromatic rings. The summed E-state index contributed by atoms with van der Waals surface area (Å²) in [5, 5.41) is 4.36. The molecule has 0 unspecified atom stereocenters. The van der Waals surface area contributed by atoms with Crippen molar-refractivity contribution in [2.24, 2.45) is 5.73 Å². The van der Waals surface area contributed by atoms with Gasteiger partial charge in [-0.25, -0.2) is 4.68 Å². The summed E-state index contributed by atoms with van der Waals surface area (Å²) in [5.74, 6) is 0. The van der Waals surface area contributed by atoms with Crippen molar-refractivity contribution in [3.63, 3.8) is 0 Å². The van der Waals surface area contributed by atoms with Gasteiger partial charge in [-0.3, -0.25) is 0 Å². The molecule has 0 radical (unpaired) electrons. The van der Waals surface area contributed by atoms with E-state index in [4.69, 9.17) is 5.73 Å². The summed E-state index contributed by atoms with van der Waals surface area (Å²) in [4.78, 5) is 0. The summed E-state index contributed by atoms with van der Waals surface area (Å²) in [7, 11) is 0. The lowest BCUT2D eigenvalue weighted by Crippen LogP contribution is -2.37. The molecule has 3 nitrogen and oxygen atoms in total. The third-order valence-electron chi connectivity index (χ3n) is 4.76. The molecule has 1 heterocycles.